The van der Waals surface area contributed by atoms with E-state index in [1.807, 2.05) is 37.3 Å². The number of carbonyl (C=O) groups excluding carboxylic acids is 1. The number of pyridine rings is 1. The van der Waals surface area contributed by atoms with Crippen molar-refractivity contribution in [3.05, 3.63) is 47.7 Å². The minimum atomic E-state index is -1.34. The fourth-order valence-electron chi connectivity index (χ4n) is 3.78. The molecular weight excluding hydrogens is 372 g/mol. The standard InChI is InChI=1S/C21H22N4O4/c1-13-17-15(19(26)23-21(20(27)28)8-10-29-11-9-21)12-16(14-6-4-3-5-7-14)22-18(17)25(2)24-13/h3-7,12H,8-11H2,1-2H3,(H,23,26)(H,27,28). The lowest BCUT2D eigenvalue weighted by Gasteiger charge is -2.34. The van der Waals surface area contributed by atoms with Crippen molar-refractivity contribution in [2.24, 2.45) is 7.05 Å². The molecule has 8 nitrogen and oxygen atoms in total. The highest BCUT2D eigenvalue weighted by molar-refractivity contribution is 6.08. The molecule has 3 aromatic rings. The maximum Gasteiger partial charge on any atom is 0.329 e. The van der Waals surface area contributed by atoms with E-state index in [0.717, 1.165) is 5.56 Å². The van der Waals surface area contributed by atoms with Crippen molar-refractivity contribution in [3.8, 4) is 11.3 Å². The van der Waals surface area contributed by atoms with Gasteiger partial charge in [-0.2, -0.15) is 5.10 Å². The molecule has 1 aliphatic heterocycles. The third-order valence-corrected chi connectivity index (χ3v) is 5.39. The van der Waals surface area contributed by atoms with Gasteiger partial charge in [0.1, 0.15) is 5.54 Å². The number of hydrogen-bond donors (Lipinski definition) is 2. The van der Waals surface area contributed by atoms with E-state index in [-0.39, 0.29) is 12.8 Å². The fraction of sp³-hybridized carbons (Fsp3) is 0.333. The number of nitrogens with zero attached hydrogens (tertiary/aromatic N) is 3. The van der Waals surface area contributed by atoms with Crippen LogP contribution in [0.3, 0.4) is 0 Å². The molecule has 4 rings (SSSR count). The van der Waals surface area contributed by atoms with Crippen molar-refractivity contribution in [3.63, 3.8) is 0 Å². The van der Waals surface area contributed by atoms with Gasteiger partial charge in [0.15, 0.2) is 5.65 Å². The van der Waals surface area contributed by atoms with E-state index in [2.05, 4.69) is 10.4 Å². The zero-order chi connectivity index (χ0) is 20.6. The number of amides is 1. The molecule has 1 amide bonds. The number of hydrogen-bond acceptors (Lipinski definition) is 5. The van der Waals surface area contributed by atoms with Gasteiger partial charge in [-0.1, -0.05) is 30.3 Å². The predicted molar refractivity (Wildman–Crippen MR) is 107 cm³/mol. The molecule has 1 fully saturated rings. The third kappa shape index (κ3) is 3.36. The molecular formula is C21H22N4O4. The number of carboxylic acids is 1. The first-order chi connectivity index (χ1) is 13.9. The number of aryl methyl sites for hydroxylation is 2. The summed E-state index contributed by atoms with van der Waals surface area (Å²) in [5, 5.41) is 17.6. The molecule has 1 aromatic carbocycles. The Morgan fingerprint density at radius 3 is 2.55 bits per heavy atom. The zero-order valence-corrected chi connectivity index (χ0v) is 16.3. The van der Waals surface area contributed by atoms with Crippen LogP contribution in [0.2, 0.25) is 0 Å². The van der Waals surface area contributed by atoms with E-state index in [4.69, 9.17) is 9.72 Å². The Morgan fingerprint density at radius 1 is 1.21 bits per heavy atom. The molecule has 0 unspecified atom stereocenters. The predicted octanol–water partition coefficient (Wildman–Crippen LogP) is 2.31. The Labute approximate surface area is 167 Å². The summed E-state index contributed by atoms with van der Waals surface area (Å²) in [6, 6.07) is 11.2. The van der Waals surface area contributed by atoms with Crippen molar-refractivity contribution in [2.75, 3.05) is 13.2 Å². The van der Waals surface area contributed by atoms with Crippen LogP contribution in [0, 0.1) is 6.92 Å². The number of benzene rings is 1. The van der Waals surface area contributed by atoms with Gasteiger partial charge in [0.05, 0.1) is 22.3 Å². The second kappa shape index (κ2) is 7.29. The van der Waals surface area contributed by atoms with Crippen molar-refractivity contribution >= 4 is 22.9 Å². The van der Waals surface area contributed by atoms with Crippen molar-refractivity contribution in [1.29, 1.82) is 0 Å². The Morgan fingerprint density at radius 2 is 1.90 bits per heavy atom. The lowest BCUT2D eigenvalue weighted by atomic mass is 9.89. The van der Waals surface area contributed by atoms with Crippen LogP contribution in [-0.2, 0) is 16.6 Å². The number of fused-ring (bicyclic) bond motifs is 1. The van der Waals surface area contributed by atoms with Gasteiger partial charge in [-0.15, -0.1) is 0 Å². The number of rotatable bonds is 4. The number of carboxylic acid groups (broad SMARTS) is 1. The summed E-state index contributed by atoms with van der Waals surface area (Å²) in [6.07, 6.45) is 0.444. The van der Waals surface area contributed by atoms with Gasteiger partial charge in [0.2, 0.25) is 0 Å². The Kier molecular flexibility index (Phi) is 4.79. The van der Waals surface area contributed by atoms with E-state index in [0.29, 0.717) is 41.2 Å². The van der Waals surface area contributed by atoms with Gasteiger partial charge >= 0.3 is 5.97 Å². The summed E-state index contributed by atoms with van der Waals surface area (Å²) in [5.41, 5.74) is 1.76. The molecule has 150 valence electrons. The molecule has 1 saturated heterocycles. The minimum absolute atomic E-state index is 0.222. The number of aromatic nitrogens is 3. The second-order valence-electron chi connectivity index (χ2n) is 7.28. The van der Waals surface area contributed by atoms with Gasteiger partial charge in [-0.3, -0.25) is 9.48 Å². The largest absolute Gasteiger partial charge is 0.480 e. The molecule has 8 heteroatoms. The summed E-state index contributed by atoms with van der Waals surface area (Å²) in [7, 11) is 1.77. The van der Waals surface area contributed by atoms with E-state index < -0.39 is 17.4 Å². The molecule has 0 spiro atoms. The van der Waals surface area contributed by atoms with E-state index >= 15 is 0 Å². The van der Waals surface area contributed by atoms with Crippen LogP contribution in [0.1, 0.15) is 28.9 Å². The maximum atomic E-state index is 13.3. The first-order valence-electron chi connectivity index (χ1n) is 9.45. The molecule has 0 atom stereocenters. The molecule has 0 aliphatic carbocycles. The Bertz CT molecular complexity index is 1090. The number of nitrogens with one attached hydrogen (secondary N) is 1. The van der Waals surface area contributed by atoms with Crippen LogP contribution in [0.5, 0.6) is 0 Å². The van der Waals surface area contributed by atoms with Gasteiger partial charge < -0.3 is 15.2 Å². The summed E-state index contributed by atoms with van der Waals surface area (Å²) in [5.74, 6) is -1.50. The van der Waals surface area contributed by atoms with Gasteiger partial charge in [-0.25, -0.2) is 9.78 Å². The molecule has 2 aromatic heterocycles. The van der Waals surface area contributed by atoms with Crippen molar-refractivity contribution in [1.82, 2.24) is 20.1 Å². The number of ether oxygens (including phenoxy) is 1. The lowest BCUT2D eigenvalue weighted by Crippen LogP contribution is -2.57. The first-order valence-corrected chi connectivity index (χ1v) is 9.45. The average molecular weight is 394 g/mol. The molecule has 1 aliphatic rings. The summed E-state index contributed by atoms with van der Waals surface area (Å²) in [6.45, 7) is 2.39. The van der Waals surface area contributed by atoms with E-state index in [1.54, 1.807) is 17.8 Å². The third-order valence-electron chi connectivity index (χ3n) is 5.39. The van der Waals surface area contributed by atoms with E-state index in [1.165, 1.54) is 0 Å². The fourth-order valence-corrected chi connectivity index (χ4v) is 3.78. The maximum absolute atomic E-state index is 13.3. The molecule has 29 heavy (non-hydrogen) atoms. The molecule has 0 bridgehead atoms. The van der Waals surface area contributed by atoms with Crippen molar-refractivity contribution in [2.45, 2.75) is 25.3 Å². The molecule has 0 radical (unpaired) electrons. The summed E-state index contributed by atoms with van der Waals surface area (Å²) in [4.78, 5) is 30.0. The van der Waals surface area contributed by atoms with Crippen molar-refractivity contribution < 1.29 is 19.4 Å². The zero-order valence-electron chi connectivity index (χ0n) is 16.3. The molecule has 0 saturated carbocycles. The highest BCUT2D eigenvalue weighted by atomic mass is 16.5. The van der Waals surface area contributed by atoms with Crippen LogP contribution in [0.4, 0.5) is 0 Å². The number of carbonyl (C=O) groups is 2. The van der Waals surface area contributed by atoms with Gasteiger partial charge in [-0.05, 0) is 13.0 Å². The Hall–Kier alpha value is -3.26. The van der Waals surface area contributed by atoms with Crippen LogP contribution >= 0.6 is 0 Å². The number of aliphatic carboxylic acids is 1. The smallest absolute Gasteiger partial charge is 0.329 e. The normalized spacial score (nSPS) is 15.9. The molecule has 2 N–H and O–H groups in total. The highest BCUT2D eigenvalue weighted by Gasteiger charge is 2.42. The second-order valence-corrected chi connectivity index (χ2v) is 7.28. The van der Waals surface area contributed by atoms with Crippen LogP contribution in [-0.4, -0.2) is 50.5 Å². The van der Waals surface area contributed by atoms with Gasteiger partial charge in [0.25, 0.3) is 5.91 Å². The van der Waals surface area contributed by atoms with Crippen LogP contribution in [0.25, 0.3) is 22.3 Å². The first kappa shape index (κ1) is 19.1. The summed E-state index contributed by atoms with van der Waals surface area (Å²) >= 11 is 0. The summed E-state index contributed by atoms with van der Waals surface area (Å²) < 4.78 is 6.93. The monoisotopic (exact) mass is 394 g/mol. The molecule has 3 heterocycles. The van der Waals surface area contributed by atoms with Gasteiger partial charge in [0, 0.05) is 38.7 Å². The Balaban J connectivity index is 1.83. The van der Waals surface area contributed by atoms with E-state index in [9.17, 15) is 14.7 Å². The topological polar surface area (TPSA) is 106 Å². The van der Waals surface area contributed by atoms with Crippen LogP contribution in [0.15, 0.2) is 36.4 Å². The lowest BCUT2D eigenvalue weighted by molar-refractivity contribution is -0.148. The minimum Gasteiger partial charge on any atom is -0.480 e. The quantitative estimate of drug-likeness (QED) is 0.703. The van der Waals surface area contributed by atoms with Crippen LogP contribution < -0.4 is 5.32 Å². The SMILES string of the molecule is Cc1nn(C)c2nc(-c3ccccc3)cc(C(=O)NC3(C(=O)O)CCOCC3)c12. The average Bonchev–Trinajstić information content (AvgIpc) is 3.02. The highest BCUT2D eigenvalue weighted by Crippen LogP contribution is 2.28.